The Bertz CT molecular complexity index is 839. The van der Waals surface area contributed by atoms with E-state index in [1.165, 1.54) is 4.90 Å². The molecular formula is C18H22N4O7. The lowest BCUT2D eigenvalue weighted by Crippen LogP contribution is -2.57. The Morgan fingerprint density at radius 3 is 2.38 bits per heavy atom. The predicted octanol–water partition coefficient (Wildman–Crippen LogP) is 0.223. The summed E-state index contributed by atoms with van der Waals surface area (Å²) in [4.78, 5) is 60.3. The fourth-order valence-corrected chi connectivity index (χ4v) is 2.80. The summed E-state index contributed by atoms with van der Waals surface area (Å²) in [6, 6.07) is 3.14. The van der Waals surface area contributed by atoms with Gasteiger partial charge in [0.25, 0.3) is 0 Å². The number of nitrogens with zero attached hydrogens (tertiary/aromatic N) is 1. The van der Waals surface area contributed by atoms with E-state index in [1.807, 2.05) is 0 Å². The second kappa shape index (κ2) is 9.04. The van der Waals surface area contributed by atoms with Gasteiger partial charge in [0.1, 0.15) is 18.6 Å². The maximum Gasteiger partial charge on any atom is 0.326 e. The third kappa shape index (κ3) is 5.43. The van der Waals surface area contributed by atoms with E-state index >= 15 is 0 Å². The van der Waals surface area contributed by atoms with E-state index in [0.29, 0.717) is 11.4 Å². The number of anilines is 2. The first-order valence-corrected chi connectivity index (χ1v) is 8.82. The molecule has 11 nitrogen and oxygen atoms in total. The summed E-state index contributed by atoms with van der Waals surface area (Å²) in [7, 11) is 0. The van der Waals surface area contributed by atoms with Gasteiger partial charge in [0.2, 0.25) is 11.8 Å². The van der Waals surface area contributed by atoms with Crippen molar-refractivity contribution in [1.82, 2.24) is 10.6 Å². The van der Waals surface area contributed by atoms with Crippen LogP contribution in [-0.2, 0) is 19.2 Å². The minimum atomic E-state index is -1.64. The van der Waals surface area contributed by atoms with Crippen LogP contribution in [0.5, 0.6) is 0 Å². The molecule has 11 heteroatoms. The first kappa shape index (κ1) is 21.7. The van der Waals surface area contributed by atoms with Crippen LogP contribution in [0.25, 0.3) is 0 Å². The van der Waals surface area contributed by atoms with Crippen LogP contribution in [0.4, 0.5) is 16.2 Å². The molecule has 2 atom stereocenters. The highest BCUT2D eigenvalue weighted by Crippen LogP contribution is 2.28. The molecule has 1 aromatic carbocycles. The zero-order valence-electron chi connectivity index (χ0n) is 15.8. The van der Waals surface area contributed by atoms with Crippen molar-refractivity contribution in [3.05, 3.63) is 24.3 Å². The minimum absolute atomic E-state index is 0.258. The van der Waals surface area contributed by atoms with Crippen molar-refractivity contribution in [2.45, 2.75) is 32.4 Å². The average Bonchev–Trinajstić information content (AvgIpc) is 2.63. The van der Waals surface area contributed by atoms with Gasteiger partial charge in [-0.05, 0) is 18.1 Å². The Morgan fingerprint density at radius 1 is 1.14 bits per heavy atom. The molecule has 2 rings (SSSR count). The van der Waals surface area contributed by atoms with Crippen molar-refractivity contribution in [2.75, 3.05) is 16.8 Å². The zero-order chi connectivity index (χ0) is 21.7. The number of carboxylic acid groups (broad SMARTS) is 2. The minimum Gasteiger partial charge on any atom is -0.481 e. The Morgan fingerprint density at radius 2 is 1.79 bits per heavy atom. The number of nitrogens with one attached hydrogen (secondary N) is 3. The second-order valence-corrected chi connectivity index (χ2v) is 6.82. The summed E-state index contributed by atoms with van der Waals surface area (Å²) in [6.45, 7) is 3.01. The monoisotopic (exact) mass is 406 g/mol. The van der Waals surface area contributed by atoms with Crippen molar-refractivity contribution in [2.24, 2.45) is 5.92 Å². The quantitative estimate of drug-likeness (QED) is 0.432. The Hall–Kier alpha value is -3.63. The van der Waals surface area contributed by atoms with Crippen molar-refractivity contribution in [3.63, 3.8) is 0 Å². The lowest BCUT2D eigenvalue weighted by atomic mass is 10.0. The molecule has 4 amide bonds. The van der Waals surface area contributed by atoms with Crippen LogP contribution in [0.15, 0.2) is 24.3 Å². The number of carbonyl (C=O) groups is 5. The van der Waals surface area contributed by atoms with Gasteiger partial charge in [0.05, 0.1) is 17.8 Å². The molecule has 1 heterocycles. The smallest absolute Gasteiger partial charge is 0.326 e. The number of para-hydroxylation sites is 2. The number of urea groups is 1. The van der Waals surface area contributed by atoms with Crippen LogP contribution in [0.1, 0.15) is 20.3 Å². The number of carbonyl (C=O) groups excluding carboxylic acids is 3. The highest BCUT2D eigenvalue weighted by atomic mass is 16.4. The molecule has 0 aliphatic carbocycles. The molecule has 1 aliphatic heterocycles. The summed E-state index contributed by atoms with van der Waals surface area (Å²) in [5.74, 6) is -4.57. The predicted molar refractivity (Wildman–Crippen MR) is 101 cm³/mol. The van der Waals surface area contributed by atoms with E-state index in [2.05, 4.69) is 16.0 Å². The molecule has 0 saturated heterocycles. The third-order valence-corrected chi connectivity index (χ3v) is 4.24. The maximum atomic E-state index is 12.8. The molecule has 0 radical (unpaired) electrons. The third-order valence-electron chi connectivity index (χ3n) is 4.24. The highest BCUT2D eigenvalue weighted by molar-refractivity contribution is 6.10. The average molecular weight is 406 g/mol. The number of aliphatic carboxylic acids is 2. The summed E-state index contributed by atoms with van der Waals surface area (Å²) in [5, 5.41) is 25.2. The number of benzene rings is 1. The van der Waals surface area contributed by atoms with Crippen molar-refractivity contribution in [3.8, 4) is 0 Å². The molecule has 0 saturated carbocycles. The summed E-state index contributed by atoms with van der Waals surface area (Å²) in [6.07, 6.45) is -0.806. The van der Waals surface area contributed by atoms with Gasteiger partial charge in [-0.2, -0.15) is 0 Å². The lowest BCUT2D eigenvalue weighted by molar-refractivity contribution is -0.147. The molecule has 0 aromatic heterocycles. The summed E-state index contributed by atoms with van der Waals surface area (Å²) < 4.78 is 0. The van der Waals surface area contributed by atoms with Crippen LogP contribution >= 0.6 is 0 Å². The van der Waals surface area contributed by atoms with Crippen LogP contribution < -0.4 is 20.9 Å². The van der Waals surface area contributed by atoms with E-state index in [-0.39, 0.29) is 6.54 Å². The number of fused-ring (bicyclic) bond motifs is 1. The lowest BCUT2D eigenvalue weighted by Gasteiger charge is -2.31. The fourth-order valence-electron chi connectivity index (χ4n) is 2.80. The fraction of sp³-hybridized carbons (Fsp3) is 0.389. The first-order chi connectivity index (χ1) is 13.6. The van der Waals surface area contributed by atoms with E-state index < -0.39 is 54.2 Å². The van der Waals surface area contributed by atoms with Crippen LogP contribution in [-0.4, -0.2) is 58.6 Å². The Kier molecular flexibility index (Phi) is 6.75. The standard InChI is InChI=1S/C18H22N4O7/c1-9(2)15(16(26)20-11(17(27)28)7-14(24)25)21-18(29)22-8-13(23)19-10-5-3-4-6-12(10)22/h3-6,9,11,15H,7-8H2,1-2H3,(H,19,23)(H,20,26)(H,21,29)(H,24,25)(H,27,28)/t11-,15-/m0/s1. The maximum absolute atomic E-state index is 12.8. The van der Waals surface area contributed by atoms with Crippen molar-refractivity contribution in [1.29, 1.82) is 0 Å². The molecule has 156 valence electrons. The first-order valence-electron chi connectivity index (χ1n) is 8.82. The van der Waals surface area contributed by atoms with Gasteiger partial charge in [0, 0.05) is 0 Å². The van der Waals surface area contributed by atoms with E-state index in [4.69, 9.17) is 10.2 Å². The van der Waals surface area contributed by atoms with Gasteiger partial charge in [-0.1, -0.05) is 26.0 Å². The normalized spacial score (nSPS) is 15.0. The SMILES string of the molecule is CC(C)[C@H](NC(=O)N1CC(=O)Nc2ccccc21)C(=O)N[C@@H](CC(=O)O)C(=O)O. The number of amides is 4. The van der Waals surface area contributed by atoms with Gasteiger partial charge in [-0.15, -0.1) is 0 Å². The van der Waals surface area contributed by atoms with Crippen LogP contribution in [0, 0.1) is 5.92 Å². The van der Waals surface area contributed by atoms with Gasteiger partial charge < -0.3 is 26.2 Å². The van der Waals surface area contributed by atoms with Gasteiger partial charge in [-0.25, -0.2) is 9.59 Å². The van der Waals surface area contributed by atoms with Crippen molar-refractivity contribution < 1.29 is 34.2 Å². The zero-order valence-corrected chi connectivity index (χ0v) is 15.8. The molecule has 0 bridgehead atoms. The highest BCUT2D eigenvalue weighted by Gasteiger charge is 2.33. The topological polar surface area (TPSA) is 165 Å². The molecular weight excluding hydrogens is 384 g/mol. The van der Waals surface area contributed by atoms with Gasteiger partial charge in [0.15, 0.2) is 0 Å². The Labute approximate surface area is 166 Å². The number of hydrogen-bond donors (Lipinski definition) is 5. The largest absolute Gasteiger partial charge is 0.481 e. The molecule has 0 unspecified atom stereocenters. The molecule has 0 spiro atoms. The van der Waals surface area contributed by atoms with Gasteiger partial charge >= 0.3 is 18.0 Å². The second-order valence-electron chi connectivity index (χ2n) is 6.82. The van der Waals surface area contributed by atoms with Crippen LogP contribution in [0.3, 0.4) is 0 Å². The molecule has 5 N–H and O–H groups in total. The molecule has 29 heavy (non-hydrogen) atoms. The number of carboxylic acids is 2. The van der Waals surface area contributed by atoms with Gasteiger partial charge in [-0.3, -0.25) is 19.3 Å². The van der Waals surface area contributed by atoms with E-state index in [9.17, 15) is 24.0 Å². The van der Waals surface area contributed by atoms with Crippen molar-refractivity contribution >= 4 is 41.2 Å². The summed E-state index contributed by atoms with van der Waals surface area (Å²) in [5.41, 5.74) is 0.888. The molecule has 1 aromatic rings. The van der Waals surface area contributed by atoms with E-state index in [0.717, 1.165) is 0 Å². The van der Waals surface area contributed by atoms with Crippen LogP contribution in [0.2, 0.25) is 0 Å². The number of hydrogen-bond acceptors (Lipinski definition) is 5. The summed E-state index contributed by atoms with van der Waals surface area (Å²) >= 11 is 0. The Balaban J connectivity index is 2.17. The molecule has 0 fully saturated rings. The van der Waals surface area contributed by atoms with E-state index in [1.54, 1.807) is 38.1 Å². The molecule has 1 aliphatic rings. The number of rotatable bonds is 7.